The first-order valence-corrected chi connectivity index (χ1v) is 7.92. The van der Waals surface area contributed by atoms with E-state index in [2.05, 4.69) is 25.6 Å². The second kappa shape index (κ2) is 8.21. The molecule has 0 aliphatic rings. The molecule has 2 nitrogen and oxygen atoms in total. The van der Waals surface area contributed by atoms with Crippen LogP contribution < -0.4 is 0 Å². The zero-order valence-electron chi connectivity index (χ0n) is 10.0. The van der Waals surface area contributed by atoms with Gasteiger partial charge in [-0.25, -0.2) is 0 Å². The zero-order chi connectivity index (χ0) is 10.9. The molecule has 0 bridgehead atoms. The fourth-order valence-corrected chi connectivity index (χ4v) is 2.81. The highest BCUT2D eigenvalue weighted by atomic mass is 28.4. The Bertz CT molecular complexity index is 153. The molecule has 0 heterocycles. The van der Waals surface area contributed by atoms with Crippen LogP contribution in [0.3, 0.4) is 0 Å². The van der Waals surface area contributed by atoms with Crippen molar-refractivity contribution in [3.8, 4) is 0 Å². The molecule has 0 N–H and O–H groups in total. The third-order valence-electron chi connectivity index (χ3n) is 2.60. The summed E-state index contributed by atoms with van der Waals surface area (Å²) in [6, 6.07) is 1.11. The highest BCUT2D eigenvalue weighted by Crippen LogP contribution is 2.16. The van der Waals surface area contributed by atoms with E-state index in [0.717, 1.165) is 6.04 Å². The molecule has 0 aromatic carbocycles. The summed E-state index contributed by atoms with van der Waals surface area (Å²) in [6.45, 7) is 4.19. The number of unbranched alkanes of at least 4 members (excludes halogenated alkanes) is 3. The van der Waals surface area contributed by atoms with E-state index >= 15 is 0 Å². The number of rotatable bonds is 8. The van der Waals surface area contributed by atoms with Crippen molar-refractivity contribution in [3.05, 3.63) is 12.2 Å². The van der Waals surface area contributed by atoms with Gasteiger partial charge in [-0.2, -0.15) is 0 Å². The van der Waals surface area contributed by atoms with Crippen molar-refractivity contribution in [3.63, 3.8) is 0 Å². The number of allylic oxidation sites excluding steroid dienone is 2. The van der Waals surface area contributed by atoms with Crippen LogP contribution in [0.5, 0.6) is 0 Å². The van der Waals surface area contributed by atoms with Gasteiger partial charge in [0.2, 0.25) is 0 Å². The monoisotopic (exact) mass is 216 g/mol. The maximum atomic E-state index is 5.42. The second-order valence-corrected chi connectivity index (χ2v) is 7.29. The summed E-state index contributed by atoms with van der Waals surface area (Å²) in [5.74, 6) is 0. The molecule has 3 heteroatoms. The Balaban J connectivity index is 3.43. The van der Waals surface area contributed by atoms with Gasteiger partial charge in [0.05, 0.1) is 0 Å². The van der Waals surface area contributed by atoms with E-state index in [4.69, 9.17) is 8.85 Å². The van der Waals surface area contributed by atoms with Crippen molar-refractivity contribution < 1.29 is 8.85 Å². The van der Waals surface area contributed by atoms with Crippen LogP contribution in [-0.2, 0) is 8.85 Å². The van der Waals surface area contributed by atoms with Crippen LogP contribution in [0, 0.1) is 0 Å². The Morgan fingerprint density at radius 1 is 1.07 bits per heavy atom. The van der Waals surface area contributed by atoms with Gasteiger partial charge >= 0.3 is 8.56 Å². The molecule has 0 aromatic rings. The molecule has 0 atom stereocenters. The van der Waals surface area contributed by atoms with E-state index in [1.807, 2.05) is 0 Å². The van der Waals surface area contributed by atoms with Gasteiger partial charge in [0, 0.05) is 14.2 Å². The topological polar surface area (TPSA) is 18.5 Å². The van der Waals surface area contributed by atoms with Crippen molar-refractivity contribution >= 4 is 8.56 Å². The predicted octanol–water partition coefficient (Wildman–Crippen LogP) is 3.49. The first kappa shape index (κ1) is 13.9. The molecule has 0 spiro atoms. The summed E-state index contributed by atoms with van der Waals surface area (Å²) in [5.41, 5.74) is 0. The Morgan fingerprint density at radius 2 is 1.71 bits per heavy atom. The summed E-state index contributed by atoms with van der Waals surface area (Å²) in [7, 11) is 1.74. The summed E-state index contributed by atoms with van der Waals surface area (Å²) in [5, 5.41) is 0. The average molecular weight is 216 g/mol. The van der Waals surface area contributed by atoms with E-state index < -0.39 is 8.56 Å². The van der Waals surface area contributed by atoms with Crippen molar-refractivity contribution in [1.29, 1.82) is 0 Å². The molecule has 0 unspecified atom stereocenters. The molecule has 0 radical (unpaired) electrons. The molecule has 14 heavy (non-hydrogen) atoms. The minimum absolute atomic E-state index is 1.11. The van der Waals surface area contributed by atoms with Gasteiger partial charge < -0.3 is 8.85 Å². The summed E-state index contributed by atoms with van der Waals surface area (Å²) < 4.78 is 10.8. The van der Waals surface area contributed by atoms with Crippen LogP contribution in [0.25, 0.3) is 0 Å². The molecule has 0 aliphatic heterocycles. The average Bonchev–Trinajstić information content (AvgIpc) is 2.23. The van der Waals surface area contributed by atoms with E-state index in [0.29, 0.717) is 0 Å². The summed E-state index contributed by atoms with van der Waals surface area (Å²) in [4.78, 5) is 0. The van der Waals surface area contributed by atoms with Gasteiger partial charge in [0.1, 0.15) is 0 Å². The maximum Gasteiger partial charge on any atom is 0.334 e. The Hall–Kier alpha value is -0.123. The fraction of sp³-hybridized carbons (Fsp3) is 0.818. The molecule has 0 aromatic heterocycles. The van der Waals surface area contributed by atoms with Gasteiger partial charge in [0.15, 0.2) is 0 Å². The van der Waals surface area contributed by atoms with Crippen molar-refractivity contribution in [1.82, 2.24) is 0 Å². The van der Waals surface area contributed by atoms with Crippen molar-refractivity contribution in [2.75, 3.05) is 14.2 Å². The predicted molar refractivity (Wildman–Crippen MR) is 63.7 cm³/mol. The largest absolute Gasteiger partial charge is 0.398 e. The van der Waals surface area contributed by atoms with Gasteiger partial charge in [-0.1, -0.05) is 25.0 Å². The maximum absolute atomic E-state index is 5.42. The number of hydrogen-bond acceptors (Lipinski definition) is 2. The van der Waals surface area contributed by atoms with Crippen LogP contribution in [0.1, 0.15) is 32.6 Å². The molecule has 0 rings (SSSR count). The minimum Gasteiger partial charge on any atom is -0.398 e. The fourth-order valence-electron chi connectivity index (χ4n) is 1.34. The van der Waals surface area contributed by atoms with E-state index in [-0.39, 0.29) is 0 Å². The third kappa shape index (κ3) is 6.35. The van der Waals surface area contributed by atoms with Gasteiger partial charge in [-0.05, 0) is 32.4 Å². The quantitative estimate of drug-likeness (QED) is 0.351. The molecular weight excluding hydrogens is 192 g/mol. The summed E-state index contributed by atoms with van der Waals surface area (Å²) in [6.07, 6.45) is 9.32. The Morgan fingerprint density at radius 3 is 2.21 bits per heavy atom. The smallest absolute Gasteiger partial charge is 0.334 e. The Kier molecular flexibility index (Phi) is 8.13. The van der Waals surface area contributed by atoms with Crippen LogP contribution in [-0.4, -0.2) is 22.8 Å². The molecule has 0 amide bonds. The lowest BCUT2D eigenvalue weighted by Crippen LogP contribution is -2.35. The SMILES string of the molecule is CC=CCCCCC[Si](C)(OC)OC. The van der Waals surface area contributed by atoms with Crippen LogP contribution in [0.4, 0.5) is 0 Å². The van der Waals surface area contributed by atoms with Crippen LogP contribution >= 0.6 is 0 Å². The first-order valence-electron chi connectivity index (χ1n) is 5.40. The van der Waals surface area contributed by atoms with Crippen LogP contribution in [0.15, 0.2) is 12.2 Å². The molecule has 0 saturated heterocycles. The highest BCUT2D eigenvalue weighted by Gasteiger charge is 2.27. The zero-order valence-corrected chi connectivity index (χ0v) is 11.0. The lowest BCUT2D eigenvalue weighted by molar-refractivity contribution is 0.248. The highest BCUT2D eigenvalue weighted by molar-refractivity contribution is 6.65. The minimum atomic E-state index is -1.78. The first-order chi connectivity index (χ1) is 6.68. The lowest BCUT2D eigenvalue weighted by atomic mass is 10.2. The van der Waals surface area contributed by atoms with Gasteiger partial charge in [-0.3, -0.25) is 0 Å². The van der Waals surface area contributed by atoms with Crippen molar-refractivity contribution in [2.24, 2.45) is 0 Å². The third-order valence-corrected chi connectivity index (χ3v) is 5.59. The van der Waals surface area contributed by atoms with Gasteiger partial charge in [0.25, 0.3) is 0 Å². The molecule has 0 saturated carbocycles. The number of hydrogen-bond donors (Lipinski definition) is 0. The van der Waals surface area contributed by atoms with E-state index in [1.54, 1.807) is 14.2 Å². The van der Waals surface area contributed by atoms with Gasteiger partial charge in [-0.15, -0.1) is 0 Å². The van der Waals surface area contributed by atoms with Crippen molar-refractivity contribution in [2.45, 2.75) is 45.2 Å². The standard InChI is InChI=1S/C11H24O2Si/c1-5-6-7-8-9-10-11-14(4,12-2)13-3/h5-6H,7-11H2,1-4H3. The Labute approximate surface area is 89.6 Å². The molecule has 0 aliphatic carbocycles. The molecular formula is C11H24O2Si. The normalized spacial score (nSPS) is 12.6. The van der Waals surface area contributed by atoms with E-state index in [9.17, 15) is 0 Å². The second-order valence-electron chi connectivity index (χ2n) is 3.71. The molecule has 0 fully saturated rings. The van der Waals surface area contributed by atoms with E-state index in [1.165, 1.54) is 25.7 Å². The summed E-state index contributed by atoms with van der Waals surface area (Å²) >= 11 is 0. The molecule has 84 valence electrons. The van der Waals surface area contributed by atoms with Crippen LogP contribution in [0.2, 0.25) is 12.6 Å². The lowest BCUT2D eigenvalue weighted by Gasteiger charge is -2.22.